The molecule has 1 N–H and O–H groups in total. The Morgan fingerprint density at radius 1 is 1.10 bits per heavy atom. The standard InChI is InChI=1S/C23H33N3O2.ClH/c1-17-7-8-19-18(2)21(28-20(19)15-17)22(27)24-16-23(9-5-4-6-10-23)26-13-11-25(3)12-14-26;/h7-8,15H,4-6,9-14,16H2,1-3H3,(H,24,27);1H. The third-order valence-corrected chi connectivity index (χ3v) is 6.84. The molecule has 1 aliphatic carbocycles. The number of benzene rings is 1. The SMILES string of the molecule is Cc1ccc2c(C)c(C(=O)NCC3(N4CCN(C)CC4)CCCCC3)oc2c1.Cl. The van der Waals surface area contributed by atoms with Gasteiger partial charge < -0.3 is 14.6 Å². The smallest absolute Gasteiger partial charge is 0.287 e. The van der Waals surface area contributed by atoms with E-state index in [9.17, 15) is 4.79 Å². The molecule has 0 radical (unpaired) electrons. The van der Waals surface area contributed by atoms with E-state index >= 15 is 0 Å². The highest BCUT2D eigenvalue weighted by Crippen LogP contribution is 2.34. The van der Waals surface area contributed by atoms with Gasteiger partial charge in [-0.1, -0.05) is 31.4 Å². The lowest BCUT2D eigenvalue weighted by molar-refractivity contribution is 0.0136. The summed E-state index contributed by atoms with van der Waals surface area (Å²) in [5, 5.41) is 4.28. The maximum absolute atomic E-state index is 13.0. The highest BCUT2D eigenvalue weighted by Gasteiger charge is 2.39. The lowest BCUT2D eigenvalue weighted by Gasteiger charge is -2.49. The third kappa shape index (κ3) is 4.47. The van der Waals surface area contributed by atoms with Gasteiger partial charge in [0.2, 0.25) is 0 Å². The fraction of sp³-hybridized carbons (Fsp3) is 0.609. The molecule has 160 valence electrons. The number of likely N-dealkylation sites (N-methyl/N-ethyl adjacent to an activating group) is 1. The van der Waals surface area contributed by atoms with Crippen molar-refractivity contribution in [3.8, 4) is 0 Å². The van der Waals surface area contributed by atoms with Crippen molar-refractivity contribution in [1.29, 1.82) is 0 Å². The van der Waals surface area contributed by atoms with E-state index in [0.29, 0.717) is 12.3 Å². The molecule has 1 aliphatic heterocycles. The summed E-state index contributed by atoms with van der Waals surface area (Å²) in [6, 6.07) is 6.12. The van der Waals surface area contributed by atoms with Gasteiger partial charge in [0.1, 0.15) is 5.58 Å². The highest BCUT2D eigenvalue weighted by atomic mass is 35.5. The normalized spacial score (nSPS) is 20.4. The molecule has 29 heavy (non-hydrogen) atoms. The second-order valence-corrected chi connectivity index (χ2v) is 8.81. The van der Waals surface area contributed by atoms with Crippen LogP contribution in [0.1, 0.15) is 53.8 Å². The minimum atomic E-state index is -0.0783. The van der Waals surface area contributed by atoms with E-state index in [2.05, 4.69) is 28.2 Å². The van der Waals surface area contributed by atoms with Crippen LogP contribution in [0.15, 0.2) is 22.6 Å². The number of piperazine rings is 1. The molecule has 1 saturated heterocycles. The number of hydrogen-bond donors (Lipinski definition) is 1. The van der Waals surface area contributed by atoms with Crippen LogP contribution in [0.4, 0.5) is 0 Å². The third-order valence-electron chi connectivity index (χ3n) is 6.84. The van der Waals surface area contributed by atoms with Crippen molar-refractivity contribution < 1.29 is 9.21 Å². The number of hydrogen-bond acceptors (Lipinski definition) is 4. The lowest BCUT2D eigenvalue weighted by Crippen LogP contribution is -2.61. The van der Waals surface area contributed by atoms with Crippen LogP contribution >= 0.6 is 12.4 Å². The van der Waals surface area contributed by atoms with Crippen molar-refractivity contribution in [3.05, 3.63) is 35.1 Å². The van der Waals surface area contributed by atoms with Gasteiger partial charge in [-0.2, -0.15) is 0 Å². The summed E-state index contributed by atoms with van der Waals surface area (Å²) in [6.45, 7) is 9.14. The van der Waals surface area contributed by atoms with E-state index in [1.165, 1.54) is 32.1 Å². The summed E-state index contributed by atoms with van der Waals surface area (Å²) in [5.74, 6) is 0.385. The molecule has 0 bridgehead atoms. The van der Waals surface area contributed by atoms with Crippen molar-refractivity contribution in [1.82, 2.24) is 15.1 Å². The predicted octanol–water partition coefficient (Wildman–Crippen LogP) is 4.15. The zero-order valence-corrected chi connectivity index (χ0v) is 18.7. The van der Waals surface area contributed by atoms with Crippen molar-refractivity contribution >= 4 is 29.3 Å². The summed E-state index contributed by atoms with van der Waals surface area (Å²) < 4.78 is 5.94. The van der Waals surface area contributed by atoms with E-state index in [0.717, 1.165) is 48.3 Å². The van der Waals surface area contributed by atoms with Gasteiger partial charge in [-0.15, -0.1) is 12.4 Å². The minimum absolute atomic E-state index is 0. The Morgan fingerprint density at radius 2 is 1.79 bits per heavy atom. The maximum Gasteiger partial charge on any atom is 0.287 e. The largest absolute Gasteiger partial charge is 0.451 e. The molecule has 4 rings (SSSR count). The fourth-order valence-corrected chi connectivity index (χ4v) is 4.97. The van der Waals surface area contributed by atoms with Crippen LogP contribution in [-0.2, 0) is 0 Å². The number of furan rings is 1. The molecule has 2 aliphatic rings. The Bertz CT molecular complexity index is 849. The minimum Gasteiger partial charge on any atom is -0.451 e. The monoisotopic (exact) mass is 419 g/mol. The number of rotatable bonds is 4. The molecule has 2 heterocycles. The van der Waals surface area contributed by atoms with Crippen LogP contribution < -0.4 is 5.32 Å². The number of amides is 1. The number of carbonyl (C=O) groups is 1. The number of carbonyl (C=O) groups excluding carboxylic acids is 1. The van der Waals surface area contributed by atoms with Gasteiger partial charge >= 0.3 is 0 Å². The average Bonchev–Trinajstić information content (AvgIpc) is 3.03. The van der Waals surface area contributed by atoms with Gasteiger partial charge in [0.05, 0.1) is 0 Å². The Morgan fingerprint density at radius 3 is 2.48 bits per heavy atom. The van der Waals surface area contributed by atoms with Gasteiger partial charge in [0.15, 0.2) is 5.76 Å². The van der Waals surface area contributed by atoms with Crippen LogP contribution in [0.25, 0.3) is 11.0 Å². The predicted molar refractivity (Wildman–Crippen MR) is 120 cm³/mol. The van der Waals surface area contributed by atoms with Crippen LogP contribution in [0.3, 0.4) is 0 Å². The van der Waals surface area contributed by atoms with E-state index in [1.807, 2.05) is 26.0 Å². The number of aryl methyl sites for hydroxylation is 2. The maximum atomic E-state index is 13.0. The molecule has 0 atom stereocenters. The van der Waals surface area contributed by atoms with Gasteiger partial charge in [-0.25, -0.2) is 0 Å². The molecule has 0 unspecified atom stereocenters. The summed E-state index contributed by atoms with van der Waals surface area (Å²) in [6.07, 6.45) is 6.17. The van der Waals surface area contributed by atoms with E-state index in [-0.39, 0.29) is 23.9 Å². The molecule has 1 amide bonds. The van der Waals surface area contributed by atoms with Gasteiger partial charge in [0.25, 0.3) is 5.91 Å². The average molecular weight is 420 g/mol. The molecule has 0 spiro atoms. The number of halogens is 1. The topological polar surface area (TPSA) is 48.7 Å². The number of nitrogens with one attached hydrogen (secondary N) is 1. The summed E-state index contributed by atoms with van der Waals surface area (Å²) in [5.41, 5.74) is 2.98. The van der Waals surface area contributed by atoms with E-state index in [1.54, 1.807) is 0 Å². The Hall–Kier alpha value is -1.56. The fourth-order valence-electron chi connectivity index (χ4n) is 4.97. The molecule has 1 aromatic carbocycles. The van der Waals surface area contributed by atoms with E-state index < -0.39 is 0 Å². The first-order chi connectivity index (χ1) is 13.5. The summed E-state index contributed by atoms with van der Waals surface area (Å²) in [4.78, 5) is 18.0. The number of fused-ring (bicyclic) bond motifs is 1. The van der Waals surface area contributed by atoms with Crippen molar-refractivity contribution in [2.24, 2.45) is 0 Å². The molecular weight excluding hydrogens is 386 g/mol. The summed E-state index contributed by atoms with van der Waals surface area (Å²) in [7, 11) is 2.19. The Labute approximate surface area is 180 Å². The first kappa shape index (κ1) is 22.1. The molecule has 5 nitrogen and oxygen atoms in total. The molecule has 6 heteroatoms. The van der Waals surface area contributed by atoms with Crippen molar-refractivity contribution in [3.63, 3.8) is 0 Å². The van der Waals surface area contributed by atoms with Crippen LogP contribution in [0.5, 0.6) is 0 Å². The molecule has 1 aromatic heterocycles. The van der Waals surface area contributed by atoms with Gasteiger partial charge in [-0.05, 0) is 45.4 Å². The zero-order valence-electron chi connectivity index (χ0n) is 17.9. The first-order valence-corrected chi connectivity index (χ1v) is 10.7. The van der Waals surface area contributed by atoms with E-state index in [4.69, 9.17) is 4.42 Å². The van der Waals surface area contributed by atoms with Crippen molar-refractivity contribution in [2.45, 2.75) is 51.5 Å². The second-order valence-electron chi connectivity index (χ2n) is 8.81. The zero-order chi connectivity index (χ0) is 19.7. The second kappa shape index (κ2) is 9.07. The first-order valence-electron chi connectivity index (χ1n) is 10.7. The molecule has 2 aromatic rings. The van der Waals surface area contributed by atoms with Gasteiger partial charge in [0, 0.05) is 49.2 Å². The Balaban J connectivity index is 0.00000240. The Kier molecular flexibility index (Phi) is 6.92. The van der Waals surface area contributed by atoms with Crippen LogP contribution in [0, 0.1) is 13.8 Å². The number of nitrogens with zero attached hydrogens (tertiary/aromatic N) is 2. The van der Waals surface area contributed by atoms with Crippen LogP contribution in [0.2, 0.25) is 0 Å². The molecular formula is C23H34ClN3O2. The van der Waals surface area contributed by atoms with Crippen LogP contribution in [-0.4, -0.2) is 61.0 Å². The molecule has 2 fully saturated rings. The molecule has 1 saturated carbocycles. The quantitative estimate of drug-likeness (QED) is 0.808. The highest BCUT2D eigenvalue weighted by molar-refractivity contribution is 5.99. The van der Waals surface area contributed by atoms with Gasteiger partial charge in [-0.3, -0.25) is 9.69 Å². The van der Waals surface area contributed by atoms with Crippen molar-refractivity contribution in [2.75, 3.05) is 39.8 Å². The lowest BCUT2D eigenvalue weighted by atomic mass is 9.79. The summed E-state index contributed by atoms with van der Waals surface area (Å²) >= 11 is 0.